The van der Waals surface area contributed by atoms with Crippen molar-refractivity contribution in [1.29, 1.82) is 0 Å². The Kier molecular flexibility index (Phi) is 5.84. The Bertz CT molecular complexity index is 359. The van der Waals surface area contributed by atoms with E-state index in [4.69, 9.17) is 0 Å². The lowest BCUT2D eigenvalue weighted by Gasteiger charge is -2.26. The second-order valence-electron chi connectivity index (χ2n) is 6.13. The minimum Gasteiger partial charge on any atom is -0.481 e. The van der Waals surface area contributed by atoms with Gasteiger partial charge < -0.3 is 15.3 Å². The summed E-state index contributed by atoms with van der Waals surface area (Å²) in [5, 5.41) is 12.4. The SMILES string of the molecule is CCCC1(C(=O)O)CCN(C(=O)NC(C)C(C)CC)C1. The van der Waals surface area contributed by atoms with Crippen LogP contribution in [-0.4, -0.2) is 41.1 Å². The summed E-state index contributed by atoms with van der Waals surface area (Å²) in [4.78, 5) is 25.4. The Balaban J connectivity index is 2.62. The fourth-order valence-corrected chi connectivity index (χ4v) is 2.79. The van der Waals surface area contributed by atoms with Crippen molar-refractivity contribution in [1.82, 2.24) is 10.2 Å². The molecule has 0 aromatic carbocycles. The molecule has 0 saturated carbocycles. The molecule has 116 valence electrons. The summed E-state index contributed by atoms with van der Waals surface area (Å²) < 4.78 is 0. The largest absolute Gasteiger partial charge is 0.481 e. The van der Waals surface area contributed by atoms with Gasteiger partial charge in [-0.15, -0.1) is 0 Å². The van der Waals surface area contributed by atoms with Crippen LogP contribution in [0.1, 0.15) is 53.4 Å². The number of rotatable bonds is 6. The van der Waals surface area contributed by atoms with Gasteiger partial charge in [0.1, 0.15) is 0 Å². The highest BCUT2D eigenvalue weighted by Gasteiger charge is 2.45. The monoisotopic (exact) mass is 284 g/mol. The predicted molar refractivity (Wildman–Crippen MR) is 78.6 cm³/mol. The maximum atomic E-state index is 12.2. The average Bonchev–Trinajstić information content (AvgIpc) is 2.83. The number of nitrogens with one attached hydrogen (secondary N) is 1. The van der Waals surface area contributed by atoms with Gasteiger partial charge in [-0.1, -0.05) is 33.6 Å². The first-order valence-corrected chi connectivity index (χ1v) is 7.65. The molecule has 2 N–H and O–H groups in total. The number of urea groups is 1. The molecule has 5 heteroatoms. The van der Waals surface area contributed by atoms with E-state index in [-0.39, 0.29) is 12.1 Å². The zero-order chi connectivity index (χ0) is 15.3. The lowest BCUT2D eigenvalue weighted by Crippen LogP contribution is -2.46. The molecular weight excluding hydrogens is 256 g/mol. The topological polar surface area (TPSA) is 69.6 Å². The molecule has 1 heterocycles. The Labute approximate surface area is 121 Å². The van der Waals surface area contributed by atoms with Crippen LogP contribution in [0, 0.1) is 11.3 Å². The molecule has 3 unspecified atom stereocenters. The Morgan fingerprint density at radius 1 is 1.35 bits per heavy atom. The third-order valence-corrected chi connectivity index (χ3v) is 4.67. The van der Waals surface area contributed by atoms with Gasteiger partial charge in [-0.3, -0.25) is 4.79 Å². The number of hydrogen-bond donors (Lipinski definition) is 2. The van der Waals surface area contributed by atoms with E-state index in [9.17, 15) is 14.7 Å². The highest BCUT2D eigenvalue weighted by Crippen LogP contribution is 2.35. The molecular formula is C15H28N2O3. The molecule has 1 rings (SSSR count). The number of carboxylic acids is 1. The summed E-state index contributed by atoms with van der Waals surface area (Å²) >= 11 is 0. The minimum atomic E-state index is -0.773. The third-order valence-electron chi connectivity index (χ3n) is 4.67. The van der Waals surface area contributed by atoms with E-state index in [0.717, 1.165) is 12.8 Å². The molecule has 1 saturated heterocycles. The van der Waals surface area contributed by atoms with Crippen LogP contribution in [0.5, 0.6) is 0 Å². The predicted octanol–water partition coefficient (Wildman–Crippen LogP) is 2.71. The van der Waals surface area contributed by atoms with Crippen LogP contribution in [0.4, 0.5) is 4.79 Å². The molecule has 1 aliphatic rings. The Morgan fingerprint density at radius 2 is 2.00 bits per heavy atom. The van der Waals surface area contributed by atoms with Crippen molar-refractivity contribution in [2.45, 2.75) is 59.4 Å². The molecule has 0 aromatic heterocycles. The maximum absolute atomic E-state index is 12.2. The maximum Gasteiger partial charge on any atom is 0.317 e. The molecule has 0 aromatic rings. The van der Waals surface area contributed by atoms with Crippen molar-refractivity contribution in [3.63, 3.8) is 0 Å². The molecule has 1 fully saturated rings. The minimum absolute atomic E-state index is 0.110. The quantitative estimate of drug-likeness (QED) is 0.788. The molecule has 1 aliphatic heterocycles. The Morgan fingerprint density at radius 3 is 2.50 bits per heavy atom. The van der Waals surface area contributed by atoms with Gasteiger partial charge in [0.05, 0.1) is 5.41 Å². The number of likely N-dealkylation sites (tertiary alicyclic amines) is 1. The summed E-state index contributed by atoms with van der Waals surface area (Å²) in [7, 11) is 0. The number of nitrogens with zero attached hydrogens (tertiary/aromatic N) is 1. The second-order valence-corrected chi connectivity index (χ2v) is 6.13. The van der Waals surface area contributed by atoms with Crippen molar-refractivity contribution >= 4 is 12.0 Å². The van der Waals surface area contributed by atoms with E-state index in [1.165, 1.54) is 0 Å². The van der Waals surface area contributed by atoms with E-state index >= 15 is 0 Å². The number of carbonyl (C=O) groups excluding carboxylic acids is 1. The van der Waals surface area contributed by atoms with Crippen molar-refractivity contribution in [3.8, 4) is 0 Å². The van der Waals surface area contributed by atoms with Crippen LogP contribution >= 0.6 is 0 Å². The normalized spacial score (nSPS) is 25.3. The first-order chi connectivity index (χ1) is 9.36. The number of carbonyl (C=O) groups is 2. The Hall–Kier alpha value is -1.26. The van der Waals surface area contributed by atoms with Crippen LogP contribution in [0.2, 0.25) is 0 Å². The first kappa shape index (κ1) is 16.8. The van der Waals surface area contributed by atoms with E-state index in [1.54, 1.807) is 4.90 Å². The molecule has 0 bridgehead atoms. The van der Waals surface area contributed by atoms with Crippen LogP contribution in [0.25, 0.3) is 0 Å². The van der Waals surface area contributed by atoms with Gasteiger partial charge in [0, 0.05) is 19.1 Å². The zero-order valence-electron chi connectivity index (χ0n) is 13.1. The summed E-state index contributed by atoms with van der Waals surface area (Å²) in [6, 6.07) is -0.0180. The fourth-order valence-electron chi connectivity index (χ4n) is 2.79. The zero-order valence-corrected chi connectivity index (χ0v) is 13.1. The van der Waals surface area contributed by atoms with Gasteiger partial charge in [-0.2, -0.15) is 0 Å². The van der Waals surface area contributed by atoms with E-state index < -0.39 is 11.4 Å². The van der Waals surface area contributed by atoms with Gasteiger partial charge in [0.25, 0.3) is 0 Å². The van der Waals surface area contributed by atoms with Gasteiger partial charge in [-0.25, -0.2) is 4.79 Å². The van der Waals surface area contributed by atoms with Gasteiger partial charge >= 0.3 is 12.0 Å². The van der Waals surface area contributed by atoms with E-state index in [1.807, 2.05) is 13.8 Å². The van der Waals surface area contributed by atoms with Crippen molar-refractivity contribution in [2.75, 3.05) is 13.1 Å². The van der Waals surface area contributed by atoms with Crippen LogP contribution < -0.4 is 5.32 Å². The number of amides is 2. The lowest BCUT2D eigenvalue weighted by molar-refractivity contribution is -0.148. The van der Waals surface area contributed by atoms with Gasteiger partial charge in [-0.05, 0) is 25.7 Å². The lowest BCUT2D eigenvalue weighted by atomic mass is 9.83. The summed E-state index contributed by atoms with van der Waals surface area (Å²) in [6.45, 7) is 9.05. The second kappa shape index (κ2) is 6.95. The van der Waals surface area contributed by atoms with Crippen molar-refractivity contribution < 1.29 is 14.7 Å². The van der Waals surface area contributed by atoms with E-state index in [0.29, 0.717) is 31.8 Å². The molecule has 0 aliphatic carbocycles. The number of carboxylic acid groups (broad SMARTS) is 1. The molecule has 0 radical (unpaired) electrons. The fraction of sp³-hybridized carbons (Fsp3) is 0.867. The molecule has 2 amide bonds. The molecule has 3 atom stereocenters. The van der Waals surface area contributed by atoms with Gasteiger partial charge in [0.15, 0.2) is 0 Å². The number of hydrogen-bond acceptors (Lipinski definition) is 2. The molecule has 5 nitrogen and oxygen atoms in total. The summed E-state index contributed by atoms with van der Waals surface area (Å²) in [5.74, 6) is -0.356. The summed E-state index contributed by atoms with van der Waals surface area (Å²) in [5.41, 5.74) is -0.744. The summed E-state index contributed by atoms with van der Waals surface area (Å²) in [6.07, 6.45) is 3.02. The molecule has 20 heavy (non-hydrogen) atoms. The highest BCUT2D eigenvalue weighted by atomic mass is 16.4. The smallest absolute Gasteiger partial charge is 0.317 e. The van der Waals surface area contributed by atoms with E-state index in [2.05, 4.69) is 19.2 Å². The molecule has 0 spiro atoms. The highest BCUT2D eigenvalue weighted by molar-refractivity contribution is 5.79. The standard InChI is InChI=1S/C15H28N2O3/c1-5-7-15(13(18)19)8-9-17(10-15)14(20)16-12(4)11(3)6-2/h11-12H,5-10H2,1-4H3,(H,16,20)(H,18,19). The van der Waals surface area contributed by atoms with Crippen molar-refractivity contribution in [3.05, 3.63) is 0 Å². The van der Waals surface area contributed by atoms with Crippen molar-refractivity contribution in [2.24, 2.45) is 11.3 Å². The van der Waals surface area contributed by atoms with Crippen LogP contribution in [-0.2, 0) is 4.79 Å². The third kappa shape index (κ3) is 3.64. The average molecular weight is 284 g/mol. The first-order valence-electron chi connectivity index (χ1n) is 7.65. The number of aliphatic carboxylic acids is 1. The van der Waals surface area contributed by atoms with Gasteiger partial charge in [0.2, 0.25) is 0 Å². The van der Waals surface area contributed by atoms with Crippen LogP contribution in [0.3, 0.4) is 0 Å². The van der Waals surface area contributed by atoms with Crippen LogP contribution in [0.15, 0.2) is 0 Å².